The summed E-state index contributed by atoms with van der Waals surface area (Å²) in [5.74, 6) is -2.12. The molecule has 0 fully saturated rings. The first-order chi connectivity index (χ1) is 20.8. The van der Waals surface area contributed by atoms with Crippen molar-refractivity contribution >= 4 is 23.2 Å². The van der Waals surface area contributed by atoms with Crippen LogP contribution in [0, 0.1) is 11.6 Å². The van der Waals surface area contributed by atoms with Crippen LogP contribution >= 0.6 is 0 Å². The predicted molar refractivity (Wildman–Crippen MR) is 162 cm³/mol. The van der Waals surface area contributed by atoms with Crippen molar-refractivity contribution in [1.82, 2.24) is 15.3 Å². The highest BCUT2D eigenvalue weighted by atomic mass is 19.2. The summed E-state index contributed by atoms with van der Waals surface area (Å²) in [6.45, 7) is 2.29. The first-order valence-electron chi connectivity index (χ1n) is 14.2. The zero-order valence-electron chi connectivity index (χ0n) is 24.0. The molecule has 1 aliphatic carbocycles. The van der Waals surface area contributed by atoms with E-state index < -0.39 is 17.7 Å². The number of nitrogens with one attached hydrogen (secondary N) is 2. The third kappa shape index (κ3) is 6.24. The second kappa shape index (κ2) is 13.1. The molecular weight excluding hydrogens is 552 g/mol. The number of fused-ring (bicyclic) bond motifs is 1. The summed E-state index contributed by atoms with van der Waals surface area (Å²) in [5, 5.41) is 6.20. The van der Waals surface area contributed by atoms with Gasteiger partial charge < -0.3 is 21.1 Å². The van der Waals surface area contributed by atoms with E-state index >= 15 is 0 Å². The first-order valence-corrected chi connectivity index (χ1v) is 14.2. The van der Waals surface area contributed by atoms with Crippen molar-refractivity contribution < 1.29 is 23.1 Å². The summed E-state index contributed by atoms with van der Waals surface area (Å²) in [6.07, 6.45) is 8.42. The van der Waals surface area contributed by atoms with E-state index in [9.17, 15) is 18.4 Å². The van der Waals surface area contributed by atoms with Crippen LogP contribution in [0.1, 0.15) is 48.5 Å². The molecule has 0 unspecified atom stereocenters. The van der Waals surface area contributed by atoms with Crippen molar-refractivity contribution in [1.29, 1.82) is 0 Å². The Morgan fingerprint density at radius 3 is 2.72 bits per heavy atom. The monoisotopic (exact) mass is 585 g/mol. The standard InChI is InChI=1S/C33H33F2N5O3/c1-3-19-17-21(10-11-22(19)33(42)38-16-14-20-7-4-5-9-26(36)31(20)41)40-32-30-24(8-6-15-37-32)25(18-39-30)23-12-13-27(43-2)29(35)28(23)34/h6-8,10-13,15,17-18,26H,3-5,9,14,16,36H2,1-2H3,(H,37,40)(H,38,42)/t26-/m0/s1. The molecule has 10 heteroatoms. The number of nitrogens with zero attached hydrogens (tertiary/aromatic N) is 2. The Kier molecular flexibility index (Phi) is 9.06. The summed E-state index contributed by atoms with van der Waals surface area (Å²) >= 11 is 0. The van der Waals surface area contributed by atoms with Crippen molar-refractivity contribution in [3.63, 3.8) is 0 Å². The number of nitrogens with two attached hydrogens (primary N) is 1. The van der Waals surface area contributed by atoms with Gasteiger partial charge in [0.1, 0.15) is 5.69 Å². The Morgan fingerprint density at radius 2 is 1.93 bits per heavy atom. The van der Waals surface area contributed by atoms with E-state index in [1.54, 1.807) is 30.5 Å². The number of amides is 1. The number of hydrogen-bond acceptors (Lipinski definition) is 7. The van der Waals surface area contributed by atoms with E-state index in [0.717, 1.165) is 18.4 Å². The molecule has 0 spiro atoms. The number of Topliss-reactive ketones (excluding diaryl/α,β-unsaturated/α-hetero) is 1. The fourth-order valence-corrected chi connectivity index (χ4v) is 5.31. The molecule has 2 aromatic carbocycles. The Balaban J connectivity index is 1.33. The lowest BCUT2D eigenvalue weighted by Gasteiger charge is -2.14. The molecule has 222 valence electrons. The number of ketones is 1. The zero-order valence-corrected chi connectivity index (χ0v) is 24.0. The maximum atomic E-state index is 14.9. The largest absolute Gasteiger partial charge is 0.494 e. The maximum absolute atomic E-state index is 14.9. The zero-order chi connectivity index (χ0) is 30.5. The second-order valence-electron chi connectivity index (χ2n) is 10.4. The van der Waals surface area contributed by atoms with Crippen LogP contribution in [-0.4, -0.2) is 41.4 Å². The predicted octanol–water partition coefficient (Wildman–Crippen LogP) is 5.97. The number of anilines is 2. The van der Waals surface area contributed by atoms with Gasteiger partial charge in [-0.15, -0.1) is 0 Å². The minimum atomic E-state index is -1.07. The highest BCUT2D eigenvalue weighted by Crippen LogP contribution is 2.39. The highest BCUT2D eigenvalue weighted by Gasteiger charge is 2.23. The van der Waals surface area contributed by atoms with Crippen molar-refractivity contribution in [2.24, 2.45) is 5.73 Å². The van der Waals surface area contributed by atoms with E-state index in [1.165, 1.54) is 25.4 Å². The molecule has 3 aliphatic rings. The van der Waals surface area contributed by atoms with Crippen molar-refractivity contribution in [3.05, 3.63) is 89.3 Å². The summed E-state index contributed by atoms with van der Waals surface area (Å²) in [7, 11) is 1.28. The Hall–Kier alpha value is -4.70. The van der Waals surface area contributed by atoms with Crippen LogP contribution in [0.25, 0.3) is 22.4 Å². The van der Waals surface area contributed by atoms with Crippen LogP contribution in [0.5, 0.6) is 5.75 Å². The fraction of sp³-hybridized carbons (Fsp3) is 0.273. The molecule has 2 aromatic rings. The van der Waals surface area contributed by atoms with Crippen LogP contribution in [0.2, 0.25) is 0 Å². The molecule has 0 aromatic heterocycles. The van der Waals surface area contributed by atoms with Gasteiger partial charge in [-0.05, 0) is 79.6 Å². The maximum Gasteiger partial charge on any atom is 0.251 e. The molecule has 8 nitrogen and oxygen atoms in total. The molecular formula is C33H33F2N5O3. The van der Waals surface area contributed by atoms with Crippen LogP contribution in [0.15, 0.2) is 66.5 Å². The number of hydrogen-bond donors (Lipinski definition) is 3. The molecule has 5 rings (SSSR count). The van der Waals surface area contributed by atoms with Crippen molar-refractivity contribution in [2.75, 3.05) is 19.0 Å². The van der Waals surface area contributed by atoms with Gasteiger partial charge in [0, 0.05) is 46.9 Å². The van der Waals surface area contributed by atoms with E-state index in [-0.39, 0.29) is 23.0 Å². The van der Waals surface area contributed by atoms with Crippen LogP contribution in [0.3, 0.4) is 0 Å². The van der Waals surface area contributed by atoms with Gasteiger partial charge in [0.2, 0.25) is 5.82 Å². The SMILES string of the molecule is CCc1cc(Nc2ncccc3c(-c4ccc(OC)c(F)c4F)cnc2-3)ccc1C(=O)NCCC1=CCCC[C@H](N)C1=O. The minimum Gasteiger partial charge on any atom is -0.494 e. The average Bonchev–Trinajstić information content (AvgIpc) is 3.23. The number of carbonyl (C=O) groups is 2. The fourth-order valence-electron chi connectivity index (χ4n) is 5.31. The van der Waals surface area contributed by atoms with E-state index in [1.807, 2.05) is 19.1 Å². The third-order valence-corrected chi connectivity index (χ3v) is 7.64. The summed E-state index contributed by atoms with van der Waals surface area (Å²) in [5.41, 5.74) is 10.2. The molecule has 2 heterocycles. The molecule has 43 heavy (non-hydrogen) atoms. The molecule has 0 radical (unpaired) electrons. The second-order valence-corrected chi connectivity index (χ2v) is 10.4. The lowest BCUT2D eigenvalue weighted by Crippen LogP contribution is -2.32. The molecule has 4 N–H and O–H groups in total. The van der Waals surface area contributed by atoms with Gasteiger partial charge in [-0.25, -0.2) is 9.37 Å². The normalized spacial score (nSPS) is 15.1. The van der Waals surface area contributed by atoms with Crippen LogP contribution < -0.4 is 21.1 Å². The average molecular weight is 586 g/mol. The van der Waals surface area contributed by atoms with Gasteiger partial charge in [-0.3, -0.25) is 14.6 Å². The van der Waals surface area contributed by atoms with Crippen LogP contribution in [-0.2, 0) is 11.2 Å². The van der Waals surface area contributed by atoms with Gasteiger partial charge in [-0.1, -0.05) is 19.1 Å². The molecule has 1 amide bonds. The molecule has 1 atom stereocenters. The summed E-state index contributed by atoms with van der Waals surface area (Å²) in [4.78, 5) is 34.4. The number of benzene rings is 2. The summed E-state index contributed by atoms with van der Waals surface area (Å²) in [6, 6.07) is 11.2. The number of ether oxygens (including phenoxy) is 1. The van der Waals surface area contributed by atoms with Crippen LogP contribution in [0.4, 0.5) is 20.3 Å². The number of rotatable bonds is 9. The Labute approximate surface area is 248 Å². The number of methoxy groups -OCH3 is 1. The Bertz CT molecular complexity index is 1670. The topological polar surface area (TPSA) is 119 Å². The number of allylic oxidation sites excluding steroid dienone is 1. The quantitative estimate of drug-likeness (QED) is 0.222. The van der Waals surface area contributed by atoms with E-state index in [0.29, 0.717) is 65.3 Å². The molecule has 0 saturated heterocycles. The van der Waals surface area contributed by atoms with Gasteiger partial charge in [0.25, 0.3) is 5.91 Å². The van der Waals surface area contributed by atoms with E-state index in [4.69, 9.17) is 10.5 Å². The number of carbonyl (C=O) groups excluding carboxylic acids is 2. The van der Waals surface area contributed by atoms with Gasteiger partial charge in [-0.2, -0.15) is 4.39 Å². The van der Waals surface area contributed by atoms with Gasteiger partial charge in [0.15, 0.2) is 23.2 Å². The van der Waals surface area contributed by atoms with Crippen molar-refractivity contribution in [3.8, 4) is 28.1 Å². The lowest BCUT2D eigenvalue weighted by atomic mass is 10.0. The number of aryl methyl sites for hydroxylation is 1. The minimum absolute atomic E-state index is 0.0406. The molecule has 2 aliphatic heterocycles. The lowest BCUT2D eigenvalue weighted by molar-refractivity contribution is -0.116. The van der Waals surface area contributed by atoms with E-state index in [2.05, 4.69) is 20.6 Å². The number of halogens is 2. The number of aromatic nitrogens is 2. The third-order valence-electron chi connectivity index (χ3n) is 7.64. The molecule has 0 saturated carbocycles. The first kappa shape index (κ1) is 29.8. The highest BCUT2D eigenvalue weighted by molar-refractivity contribution is 6.00. The Morgan fingerprint density at radius 1 is 1.09 bits per heavy atom. The van der Waals surface area contributed by atoms with Crippen molar-refractivity contribution in [2.45, 2.75) is 45.1 Å². The van der Waals surface area contributed by atoms with Gasteiger partial charge in [0.05, 0.1) is 13.2 Å². The molecule has 0 bridgehead atoms. The van der Waals surface area contributed by atoms with Gasteiger partial charge >= 0.3 is 0 Å². The smallest absolute Gasteiger partial charge is 0.251 e. The summed E-state index contributed by atoms with van der Waals surface area (Å²) < 4.78 is 34.3.